The van der Waals surface area contributed by atoms with Gasteiger partial charge in [0.25, 0.3) is 0 Å². The van der Waals surface area contributed by atoms with Gasteiger partial charge in [-0.25, -0.2) is 0 Å². The number of rotatable bonds is 5. The lowest BCUT2D eigenvalue weighted by Gasteiger charge is -2.40. The highest BCUT2D eigenvalue weighted by molar-refractivity contribution is 6.14. The second kappa shape index (κ2) is 16.4. The van der Waals surface area contributed by atoms with E-state index in [2.05, 4.69) is 311 Å². The van der Waals surface area contributed by atoms with Crippen LogP contribution >= 0.6 is 0 Å². The summed E-state index contributed by atoms with van der Waals surface area (Å²) in [5.74, 6) is 0. The van der Waals surface area contributed by atoms with Gasteiger partial charge in [-0.2, -0.15) is 0 Å². The van der Waals surface area contributed by atoms with Crippen molar-refractivity contribution in [3.63, 3.8) is 0 Å². The van der Waals surface area contributed by atoms with Crippen molar-refractivity contribution in [1.82, 2.24) is 9.13 Å². The number of anilines is 3. The number of hydrogen-bond donors (Lipinski definition) is 0. The van der Waals surface area contributed by atoms with Gasteiger partial charge in [-0.05, 0) is 150 Å². The molecule has 0 amide bonds. The first-order valence-corrected chi connectivity index (χ1v) is 29.0. The number of aromatic nitrogens is 2. The van der Waals surface area contributed by atoms with E-state index in [-0.39, 0.29) is 0 Å². The molecule has 0 saturated carbocycles. The fourth-order valence-electron chi connectivity index (χ4n) is 16.2. The van der Waals surface area contributed by atoms with E-state index in [4.69, 9.17) is 0 Å². The Labute approximate surface area is 480 Å². The average Bonchev–Trinajstić information content (AvgIpc) is 2.14. The molecule has 13 aromatic carbocycles. The molecule has 19 rings (SSSR count). The number of para-hydroxylation sites is 5. The zero-order valence-electron chi connectivity index (χ0n) is 45.1. The van der Waals surface area contributed by atoms with Gasteiger partial charge in [0, 0.05) is 44.2 Å². The summed E-state index contributed by atoms with van der Waals surface area (Å²) >= 11 is 0. The van der Waals surface area contributed by atoms with E-state index in [1.165, 1.54) is 133 Å². The quantitative estimate of drug-likeness (QED) is 0.167. The Bertz CT molecular complexity index is 5240. The molecule has 0 N–H and O–H groups in total. The van der Waals surface area contributed by atoms with Crippen LogP contribution in [0.5, 0.6) is 0 Å². The van der Waals surface area contributed by atoms with Gasteiger partial charge in [-0.3, -0.25) is 0 Å². The van der Waals surface area contributed by atoms with Gasteiger partial charge in [0.05, 0.1) is 44.3 Å². The summed E-state index contributed by atoms with van der Waals surface area (Å²) in [6.07, 6.45) is 0. The summed E-state index contributed by atoms with van der Waals surface area (Å²) in [6, 6.07) is 112. The molecule has 1 atom stereocenters. The zero-order valence-corrected chi connectivity index (χ0v) is 45.1. The maximum atomic E-state index is 2.57. The first-order valence-electron chi connectivity index (χ1n) is 29.0. The molecule has 0 bridgehead atoms. The van der Waals surface area contributed by atoms with Crippen LogP contribution in [0.15, 0.2) is 297 Å². The van der Waals surface area contributed by atoms with Crippen molar-refractivity contribution in [3.05, 3.63) is 342 Å². The predicted octanol–water partition coefficient (Wildman–Crippen LogP) is 20.0. The van der Waals surface area contributed by atoms with Crippen LogP contribution in [0.1, 0.15) is 44.5 Å². The minimum absolute atomic E-state index is 0.502. The maximum absolute atomic E-state index is 2.57. The van der Waals surface area contributed by atoms with Crippen LogP contribution in [0.2, 0.25) is 0 Å². The van der Waals surface area contributed by atoms with Crippen molar-refractivity contribution in [2.75, 3.05) is 4.90 Å². The number of fused-ring (bicyclic) bond motifs is 25. The number of benzene rings is 13. The average molecular weight is 1050 g/mol. The van der Waals surface area contributed by atoms with Crippen molar-refractivity contribution in [3.8, 4) is 55.9 Å². The van der Waals surface area contributed by atoms with Crippen molar-refractivity contribution in [1.29, 1.82) is 0 Å². The molecule has 83 heavy (non-hydrogen) atoms. The summed E-state index contributed by atoms with van der Waals surface area (Å²) < 4.78 is 4.95. The topological polar surface area (TPSA) is 13.1 Å². The molecule has 2 aromatic heterocycles. The highest BCUT2D eigenvalue weighted by atomic mass is 15.1. The number of hydrogen-bond acceptors (Lipinski definition) is 1. The third-order valence-corrected chi connectivity index (χ3v) is 19.3. The predicted molar refractivity (Wildman–Crippen MR) is 342 cm³/mol. The van der Waals surface area contributed by atoms with Crippen molar-refractivity contribution in [2.24, 2.45) is 0 Å². The van der Waals surface area contributed by atoms with Crippen LogP contribution in [0.4, 0.5) is 17.1 Å². The Kier molecular flexibility index (Phi) is 8.92. The minimum Gasteiger partial charge on any atom is -0.310 e. The molecular weight excluding hydrogens is 1000 g/mol. The second-order valence-electron chi connectivity index (χ2n) is 23.0. The Morgan fingerprint density at radius 3 is 1.46 bits per heavy atom. The van der Waals surface area contributed by atoms with E-state index in [1.54, 1.807) is 0 Å². The molecule has 0 saturated heterocycles. The molecule has 3 aliphatic carbocycles. The summed E-state index contributed by atoms with van der Waals surface area (Å²) in [5.41, 5.74) is 30.0. The third kappa shape index (κ3) is 5.64. The highest BCUT2D eigenvalue weighted by Gasteiger charge is 2.54. The molecule has 1 unspecified atom stereocenters. The summed E-state index contributed by atoms with van der Waals surface area (Å²) in [6.45, 7) is 0. The van der Waals surface area contributed by atoms with Crippen LogP contribution in [0.25, 0.3) is 99.5 Å². The van der Waals surface area contributed by atoms with Crippen LogP contribution in [-0.2, 0) is 10.8 Å². The Morgan fingerprint density at radius 1 is 0.265 bits per heavy atom. The molecular formula is C80H49N3. The van der Waals surface area contributed by atoms with Gasteiger partial charge in [-0.1, -0.05) is 231 Å². The van der Waals surface area contributed by atoms with Crippen LogP contribution in [0, 0.1) is 0 Å². The van der Waals surface area contributed by atoms with Crippen molar-refractivity contribution < 1.29 is 0 Å². The number of nitrogens with zero attached hydrogens (tertiary/aromatic N) is 3. The smallest absolute Gasteiger partial charge is 0.0755 e. The molecule has 384 valence electrons. The van der Waals surface area contributed by atoms with Gasteiger partial charge < -0.3 is 14.0 Å². The van der Waals surface area contributed by atoms with E-state index in [9.17, 15) is 0 Å². The molecule has 1 aliphatic heterocycles. The van der Waals surface area contributed by atoms with Gasteiger partial charge in [0.15, 0.2) is 0 Å². The van der Waals surface area contributed by atoms with E-state index in [0.29, 0.717) is 0 Å². The molecule has 4 aliphatic rings. The fourth-order valence-corrected chi connectivity index (χ4v) is 16.2. The van der Waals surface area contributed by atoms with Crippen LogP contribution in [-0.4, -0.2) is 9.13 Å². The Hall–Kier alpha value is -10.7. The molecule has 3 nitrogen and oxygen atoms in total. The van der Waals surface area contributed by atoms with Gasteiger partial charge in [0.1, 0.15) is 0 Å². The molecule has 15 aromatic rings. The summed E-state index contributed by atoms with van der Waals surface area (Å²) in [4.78, 5) is 2.57. The third-order valence-electron chi connectivity index (χ3n) is 19.3. The highest BCUT2D eigenvalue weighted by Crippen LogP contribution is 2.66. The van der Waals surface area contributed by atoms with E-state index in [1.807, 2.05) is 0 Å². The van der Waals surface area contributed by atoms with Crippen LogP contribution in [0.3, 0.4) is 0 Å². The van der Waals surface area contributed by atoms with E-state index < -0.39 is 10.8 Å². The lowest BCUT2D eigenvalue weighted by molar-refractivity contribution is 0.748. The van der Waals surface area contributed by atoms with Crippen molar-refractivity contribution >= 4 is 60.7 Å². The molecule has 3 heteroatoms. The Morgan fingerprint density at radius 2 is 0.747 bits per heavy atom. The molecule has 0 fully saturated rings. The van der Waals surface area contributed by atoms with Gasteiger partial charge >= 0.3 is 0 Å². The van der Waals surface area contributed by atoms with Crippen molar-refractivity contribution in [2.45, 2.75) is 10.8 Å². The first-order chi connectivity index (χ1) is 41.2. The van der Waals surface area contributed by atoms with Gasteiger partial charge in [0.2, 0.25) is 0 Å². The zero-order chi connectivity index (χ0) is 54.1. The lowest BCUT2D eigenvalue weighted by atomic mass is 9.65. The monoisotopic (exact) mass is 1050 g/mol. The maximum Gasteiger partial charge on any atom is 0.0755 e. The largest absolute Gasteiger partial charge is 0.310 e. The van der Waals surface area contributed by atoms with Crippen LogP contribution < -0.4 is 4.90 Å². The summed E-state index contributed by atoms with van der Waals surface area (Å²) in [7, 11) is 0. The lowest BCUT2D eigenvalue weighted by Crippen LogP contribution is -2.33. The van der Waals surface area contributed by atoms with E-state index in [0.717, 1.165) is 28.3 Å². The second-order valence-corrected chi connectivity index (χ2v) is 23.0. The fraction of sp³-hybridized carbons (Fsp3) is 0.0250. The Balaban J connectivity index is 0.871. The SMILES string of the molecule is c1ccc(-n2c3ccccc3c3ccc(-c4ccc(N(c5ccc6c(c5)C5(c7ccccc7-6)c6ccccc6-n6c7ccccc7c7cccc5c76)c5cccc6c5-c5ccccc5C65c6ccccc6-c6ccccc65)cc4)cc32)cc1. The first kappa shape index (κ1) is 45.0. The van der Waals surface area contributed by atoms with E-state index >= 15 is 0 Å². The molecule has 0 radical (unpaired) electrons. The minimum atomic E-state index is -0.620. The van der Waals surface area contributed by atoms with Gasteiger partial charge in [-0.15, -0.1) is 0 Å². The normalized spacial score (nSPS) is 15.1. The molecule has 3 heterocycles. The molecule has 2 spiro atoms. The summed E-state index contributed by atoms with van der Waals surface area (Å²) in [5, 5.41) is 5.04. The standard InChI is InChI=1S/C80H49N3/c1-2-20-52(21-3-1)82-72-36-15-8-25-59(72)61-46-42-51(48-76(61)82)50-40-43-53(44-41-50)81(75-39-19-34-69-77(75)63-27-7-13-32-67(63)79(69)64-29-10-4-22-55(64)56-23-5-11-30-65(56)79)54-45-47-58-57-24-6-12-31-66(57)80(71(58)49-54)68-33-14-17-38-74(68)83-73-37-16-9-26-60(73)62-28-18-35-70(80)78(62)83/h1-49H.